The number of aryl methyl sites for hydroxylation is 1. The molecule has 5 nitrogen and oxygen atoms in total. The third-order valence-electron chi connectivity index (χ3n) is 3.72. The quantitative estimate of drug-likeness (QED) is 0.587. The maximum atomic E-state index is 12.3. The fourth-order valence-electron chi connectivity index (χ4n) is 2.25. The Kier molecular flexibility index (Phi) is 5.77. The highest BCUT2D eigenvalue weighted by atomic mass is 32.2. The van der Waals surface area contributed by atoms with Crippen molar-refractivity contribution >= 4 is 21.9 Å². The average Bonchev–Trinajstić information content (AvgIpc) is 2.59. The van der Waals surface area contributed by atoms with Gasteiger partial charge in [-0.1, -0.05) is 11.6 Å². The van der Waals surface area contributed by atoms with Crippen molar-refractivity contribution in [3.63, 3.8) is 0 Å². The van der Waals surface area contributed by atoms with Crippen LogP contribution >= 0.6 is 0 Å². The van der Waals surface area contributed by atoms with Crippen molar-refractivity contribution in [3.05, 3.63) is 65.2 Å². The van der Waals surface area contributed by atoms with Gasteiger partial charge in [0.2, 0.25) is 10.0 Å². The summed E-state index contributed by atoms with van der Waals surface area (Å²) in [6.45, 7) is 1.96. The first kappa shape index (κ1) is 18.9. The molecule has 0 heterocycles. The number of rotatable bonds is 6. The molecule has 25 heavy (non-hydrogen) atoms. The zero-order chi connectivity index (χ0) is 18.6. The molecule has 0 aromatic heterocycles. The van der Waals surface area contributed by atoms with Gasteiger partial charge in [-0.3, -0.25) is 4.79 Å². The van der Waals surface area contributed by atoms with Gasteiger partial charge in [0.05, 0.1) is 12.0 Å². The standard InChI is InChI=1S/C19H21NO4S/c1-14-5-12-19(24-4)16(13-14)8-11-18(21)15-6-9-17(10-7-15)25(22,23)20(2)3/h5-13H,1-4H3/b11-8+. The molecule has 0 spiro atoms. The van der Waals surface area contributed by atoms with Crippen molar-refractivity contribution < 1.29 is 17.9 Å². The summed E-state index contributed by atoms with van der Waals surface area (Å²) in [7, 11) is 1.01. The van der Waals surface area contributed by atoms with E-state index in [0.717, 1.165) is 15.4 Å². The SMILES string of the molecule is COc1ccc(C)cc1/C=C/C(=O)c1ccc(S(=O)(=O)N(C)C)cc1. The third kappa shape index (κ3) is 4.35. The molecule has 0 unspecified atom stereocenters. The van der Waals surface area contributed by atoms with Crippen LogP contribution in [0, 0.1) is 6.92 Å². The van der Waals surface area contributed by atoms with Crippen LogP contribution < -0.4 is 4.74 Å². The molecule has 132 valence electrons. The molecule has 0 saturated heterocycles. The molecule has 0 aliphatic heterocycles. The first-order valence-corrected chi connectivity index (χ1v) is 9.09. The molecule has 2 aromatic carbocycles. The molecule has 2 aromatic rings. The van der Waals surface area contributed by atoms with Gasteiger partial charge >= 0.3 is 0 Å². The minimum Gasteiger partial charge on any atom is -0.496 e. The highest BCUT2D eigenvalue weighted by Gasteiger charge is 2.17. The van der Waals surface area contributed by atoms with Gasteiger partial charge in [0.1, 0.15) is 5.75 Å². The Morgan fingerprint density at radius 2 is 1.72 bits per heavy atom. The monoisotopic (exact) mass is 359 g/mol. The van der Waals surface area contributed by atoms with Crippen LogP contribution in [0.5, 0.6) is 5.75 Å². The normalized spacial score (nSPS) is 11.9. The van der Waals surface area contributed by atoms with Gasteiger partial charge in [0, 0.05) is 25.2 Å². The third-order valence-corrected chi connectivity index (χ3v) is 5.55. The van der Waals surface area contributed by atoms with Crippen LogP contribution in [0.1, 0.15) is 21.5 Å². The zero-order valence-corrected chi connectivity index (χ0v) is 15.5. The van der Waals surface area contributed by atoms with E-state index < -0.39 is 10.0 Å². The van der Waals surface area contributed by atoms with Crippen molar-refractivity contribution in [2.24, 2.45) is 0 Å². The second-order valence-electron chi connectivity index (χ2n) is 5.75. The summed E-state index contributed by atoms with van der Waals surface area (Å²) in [5.41, 5.74) is 2.29. The van der Waals surface area contributed by atoms with E-state index in [9.17, 15) is 13.2 Å². The number of ether oxygens (including phenoxy) is 1. The molecular formula is C19H21NO4S. The largest absolute Gasteiger partial charge is 0.496 e. The second kappa shape index (κ2) is 7.63. The second-order valence-corrected chi connectivity index (χ2v) is 7.91. The number of carbonyl (C=O) groups excluding carboxylic acids is 1. The highest BCUT2D eigenvalue weighted by molar-refractivity contribution is 7.89. The Bertz CT molecular complexity index is 898. The van der Waals surface area contributed by atoms with E-state index in [0.29, 0.717) is 11.3 Å². The molecule has 0 aliphatic carbocycles. The predicted octanol–water partition coefficient (Wildman–Crippen LogP) is 3.15. The summed E-state index contributed by atoms with van der Waals surface area (Å²) in [5, 5.41) is 0. The Labute approximate surface area is 148 Å². The van der Waals surface area contributed by atoms with E-state index in [2.05, 4.69) is 0 Å². The summed E-state index contributed by atoms with van der Waals surface area (Å²) in [5.74, 6) is 0.472. The lowest BCUT2D eigenvalue weighted by Gasteiger charge is -2.11. The molecule has 0 amide bonds. The van der Waals surface area contributed by atoms with Crippen LogP contribution in [0.3, 0.4) is 0 Å². The molecule has 0 fully saturated rings. The lowest BCUT2D eigenvalue weighted by molar-refractivity contribution is 0.104. The molecule has 0 N–H and O–H groups in total. The fourth-order valence-corrected chi connectivity index (χ4v) is 3.15. The maximum absolute atomic E-state index is 12.3. The van der Waals surface area contributed by atoms with Gasteiger partial charge in [-0.2, -0.15) is 0 Å². The number of methoxy groups -OCH3 is 1. The summed E-state index contributed by atoms with van der Waals surface area (Å²) in [6, 6.07) is 11.6. The van der Waals surface area contributed by atoms with E-state index in [1.54, 1.807) is 13.2 Å². The molecule has 0 radical (unpaired) electrons. The van der Waals surface area contributed by atoms with Crippen molar-refractivity contribution in [1.82, 2.24) is 4.31 Å². The topological polar surface area (TPSA) is 63.7 Å². The molecule has 0 atom stereocenters. The van der Waals surface area contributed by atoms with Gasteiger partial charge < -0.3 is 4.74 Å². The van der Waals surface area contributed by atoms with Crippen LogP contribution in [-0.4, -0.2) is 39.7 Å². The van der Waals surface area contributed by atoms with Crippen LogP contribution in [0.2, 0.25) is 0 Å². The summed E-state index contributed by atoms with van der Waals surface area (Å²) >= 11 is 0. The smallest absolute Gasteiger partial charge is 0.242 e. The van der Waals surface area contributed by atoms with Gasteiger partial charge in [-0.05, 0) is 55.5 Å². The summed E-state index contributed by atoms with van der Waals surface area (Å²) in [4.78, 5) is 12.5. The van der Waals surface area contributed by atoms with Crippen molar-refractivity contribution in [2.75, 3.05) is 21.2 Å². The van der Waals surface area contributed by atoms with Gasteiger partial charge in [-0.15, -0.1) is 0 Å². The number of allylic oxidation sites excluding steroid dienone is 1. The average molecular weight is 359 g/mol. The Morgan fingerprint density at radius 1 is 1.08 bits per heavy atom. The highest BCUT2D eigenvalue weighted by Crippen LogP contribution is 2.21. The molecule has 0 aliphatic rings. The van der Waals surface area contributed by atoms with Crippen LogP contribution in [0.4, 0.5) is 0 Å². The first-order valence-electron chi connectivity index (χ1n) is 7.65. The Morgan fingerprint density at radius 3 is 2.28 bits per heavy atom. The fraction of sp³-hybridized carbons (Fsp3) is 0.211. The number of sulfonamides is 1. The van der Waals surface area contributed by atoms with E-state index in [4.69, 9.17) is 4.74 Å². The summed E-state index contributed by atoms with van der Waals surface area (Å²) < 4.78 is 30.5. The van der Waals surface area contributed by atoms with Crippen molar-refractivity contribution in [2.45, 2.75) is 11.8 Å². The van der Waals surface area contributed by atoms with Gasteiger partial charge in [-0.25, -0.2) is 12.7 Å². The number of ketones is 1. The molecule has 2 rings (SSSR count). The Hall–Kier alpha value is -2.44. The Balaban J connectivity index is 2.23. The van der Waals surface area contributed by atoms with Crippen LogP contribution in [-0.2, 0) is 10.0 Å². The number of hydrogen-bond donors (Lipinski definition) is 0. The minimum atomic E-state index is -3.50. The molecule has 6 heteroatoms. The minimum absolute atomic E-state index is 0.151. The van der Waals surface area contributed by atoms with E-state index >= 15 is 0 Å². The lowest BCUT2D eigenvalue weighted by atomic mass is 10.1. The number of hydrogen-bond acceptors (Lipinski definition) is 4. The van der Waals surface area contributed by atoms with E-state index in [1.807, 2.05) is 25.1 Å². The molecule has 0 bridgehead atoms. The molecule has 0 saturated carbocycles. The predicted molar refractivity (Wildman–Crippen MR) is 98.4 cm³/mol. The van der Waals surface area contributed by atoms with Crippen LogP contribution in [0.25, 0.3) is 6.08 Å². The number of carbonyl (C=O) groups is 1. The first-order chi connectivity index (χ1) is 11.8. The van der Waals surface area contributed by atoms with Gasteiger partial charge in [0.15, 0.2) is 5.78 Å². The molecular weight excluding hydrogens is 338 g/mol. The number of nitrogens with zero attached hydrogens (tertiary/aromatic N) is 1. The van der Waals surface area contributed by atoms with Crippen LogP contribution in [0.15, 0.2) is 53.4 Å². The lowest BCUT2D eigenvalue weighted by Crippen LogP contribution is -2.22. The van der Waals surface area contributed by atoms with Crippen molar-refractivity contribution in [1.29, 1.82) is 0 Å². The maximum Gasteiger partial charge on any atom is 0.242 e. The van der Waals surface area contributed by atoms with E-state index in [1.165, 1.54) is 44.4 Å². The van der Waals surface area contributed by atoms with Gasteiger partial charge in [0.25, 0.3) is 0 Å². The van der Waals surface area contributed by atoms with Crippen molar-refractivity contribution in [3.8, 4) is 5.75 Å². The number of benzene rings is 2. The zero-order valence-electron chi connectivity index (χ0n) is 14.7. The summed E-state index contributed by atoms with van der Waals surface area (Å²) in [6.07, 6.45) is 3.14. The van der Waals surface area contributed by atoms with E-state index in [-0.39, 0.29) is 10.7 Å².